The zero-order valence-electron chi connectivity index (χ0n) is 15.0. The molecular weight excluding hydrogens is 446 g/mol. The molecule has 0 fully saturated rings. The van der Waals surface area contributed by atoms with Gasteiger partial charge in [-0.25, -0.2) is 12.8 Å². The van der Waals surface area contributed by atoms with E-state index < -0.39 is 15.9 Å². The Kier molecular flexibility index (Phi) is 8.42. The van der Waals surface area contributed by atoms with Crippen LogP contribution < -0.4 is 9.62 Å². The summed E-state index contributed by atoms with van der Waals surface area (Å²) in [5.41, 5.74) is 0.850. The van der Waals surface area contributed by atoms with E-state index in [4.69, 9.17) is 23.2 Å². The molecule has 10 heteroatoms. The van der Waals surface area contributed by atoms with E-state index in [0.29, 0.717) is 23.6 Å². The van der Waals surface area contributed by atoms with Gasteiger partial charge in [0.25, 0.3) is 0 Å². The molecule has 0 atom stereocenters. The molecule has 28 heavy (non-hydrogen) atoms. The summed E-state index contributed by atoms with van der Waals surface area (Å²) in [6.07, 6.45) is 1.01. The third-order valence-corrected chi connectivity index (χ3v) is 6.55. The quantitative estimate of drug-likeness (QED) is 0.570. The van der Waals surface area contributed by atoms with Crippen molar-refractivity contribution in [2.75, 3.05) is 29.4 Å². The number of benzene rings is 2. The second kappa shape index (κ2) is 10.3. The fraction of sp³-hybridized carbons (Fsp3) is 0.278. The molecule has 2 aromatic rings. The summed E-state index contributed by atoms with van der Waals surface area (Å²) in [6, 6.07) is 10.8. The SMILES string of the molecule is CS(=O)(=O)N(CC(=O)NCCSCc1ccccc1F)c1ccc(Cl)c(Cl)c1. The fourth-order valence-electron chi connectivity index (χ4n) is 2.29. The summed E-state index contributed by atoms with van der Waals surface area (Å²) in [5.74, 6) is 0.333. The molecule has 5 nitrogen and oxygen atoms in total. The molecular formula is C18H19Cl2FN2O3S2. The first kappa shape index (κ1) is 22.8. The van der Waals surface area contributed by atoms with E-state index in [-0.39, 0.29) is 28.1 Å². The van der Waals surface area contributed by atoms with Gasteiger partial charge in [0.05, 0.1) is 22.0 Å². The van der Waals surface area contributed by atoms with Gasteiger partial charge in [-0.1, -0.05) is 41.4 Å². The van der Waals surface area contributed by atoms with Crippen LogP contribution in [0, 0.1) is 5.82 Å². The summed E-state index contributed by atoms with van der Waals surface area (Å²) in [5, 5.41) is 3.14. The summed E-state index contributed by atoms with van der Waals surface area (Å²) < 4.78 is 38.6. The molecule has 0 spiro atoms. The minimum Gasteiger partial charge on any atom is -0.354 e. The standard InChI is InChI=1S/C18H19Cl2FN2O3S2/c1-28(25,26)23(14-6-7-15(19)16(20)10-14)11-18(24)22-8-9-27-12-13-4-2-3-5-17(13)21/h2-7,10H,8-9,11-12H2,1H3,(H,22,24). The number of sulfonamides is 1. The zero-order valence-corrected chi connectivity index (χ0v) is 18.1. The van der Waals surface area contributed by atoms with Gasteiger partial charge in [0.2, 0.25) is 15.9 Å². The third-order valence-electron chi connectivity index (χ3n) is 3.66. The lowest BCUT2D eigenvalue weighted by atomic mass is 10.2. The van der Waals surface area contributed by atoms with E-state index in [2.05, 4.69) is 5.32 Å². The minimum absolute atomic E-state index is 0.192. The van der Waals surface area contributed by atoms with Crippen molar-refractivity contribution in [1.29, 1.82) is 0 Å². The first-order chi connectivity index (χ1) is 13.2. The summed E-state index contributed by atoms with van der Waals surface area (Å²) in [6.45, 7) is -0.0499. The van der Waals surface area contributed by atoms with Crippen molar-refractivity contribution >= 4 is 56.6 Å². The highest BCUT2D eigenvalue weighted by atomic mass is 35.5. The molecule has 0 aliphatic rings. The highest BCUT2D eigenvalue weighted by molar-refractivity contribution is 7.98. The Morgan fingerprint density at radius 1 is 1.18 bits per heavy atom. The predicted octanol–water partition coefficient (Wildman–Crippen LogP) is 3.95. The van der Waals surface area contributed by atoms with Crippen molar-refractivity contribution in [3.8, 4) is 0 Å². The Hall–Kier alpha value is -1.48. The maximum atomic E-state index is 13.5. The number of halogens is 3. The van der Waals surface area contributed by atoms with E-state index in [0.717, 1.165) is 10.6 Å². The number of nitrogens with zero attached hydrogens (tertiary/aromatic N) is 1. The van der Waals surface area contributed by atoms with Crippen molar-refractivity contribution in [2.24, 2.45) is 0 Å². The Morgan fingerprint density at radius 2 is 1.89 bits per heavy atom. The second-order valence-corrected chi connectivity index (χ2v) is 9.69. The van der Waals surface area contributed by atoms with Gasteiger partial charge in [-0.2, -0.15) is 11.8 Å². The first-order valence-electron chi connectivity index (χ1n) is 8.19. The lowest BCUT2D eigenvalue weighted by Crippen LogP contribution is -2.41. The summed E-state index contributed by atoms with van der Waals surface area (Å²) >= 11 is 13.3. The van der Waals surface area contributed by atoms with Crippen molar-refractivity contribution in [3.63, 3.8) is 0 Å². The van der Waals surface area contributed by atoms with Gasteiger partial charge in [0.1, 0.15) is 12.4 Å². The van der Waals surface area contributed by atoms with Crippen molar-refractivity contribution < 1.29 is 17.6 Å². The lowest BCUT2D eigenvalue weighted by molar-refractivity contribution is -0.119. The van der Waals surface area contributed by atoms with Crippen molar-refractivity contribution in [1.82, 2.24) is 5.32 Å². The molecule has 1 amide bonds. The molecule has 2 rings (SSSR count). The highest BCUT2D eigenvalue weighted by Gasteiger charge is 2.21. The molecule has 0 radical (unpaired) electrons. The molecule has 0 saturated carbocycles. The predicted molar refractivity (Wildman–Crippen MR) is 114 cm³/mol. The molecule has 152 valence electrons. The molecule has 2 aromatic carbocycles. The molecule has 1 N–H and O–H groups in total. The van der Waals surface area contributed by atoms with Gasteiger partial charge in [-0.15, -0.1) is 0 Å². The molecule has 0 bridgehead atoms. The third kappa shape index (κ3) is 6.84. The minimum atomic E-state index is -3.69. The van der Waals surface area contributed by atoms with Gasteiger partial charge >= 0.3 is 0 Å². The van der Waals surface area contributed by atoms with Crippen LogP contribution in [0.5, 0.6) is 0 Å². The van der Waals surface area contributed by atoms with E-state index in [1.807, 2.05) is 0 Å². The fourth-order valence-corrected chi connectivity index (χ4v) is 4.27. The number of nitrogens with one attached hydrogen (secondary N) is 1. The van der Waals surface area contributed by atoms with Crippen LogP contribution in [0.2, 0.25) is 10.0 Å². The van der Waals surface area contributed by atoms with E-state index in [1.54, 1.807) is 18.2 Å². The van der Waals surface area contributed by atoms with E-state index in [1.165, 1.54) is 36.0 Å². The molecule has 0 aliphatic carbocycles. The number of thioether (sulfide) groups is 1. The average Bonchev–Trinajstić information content (AvgIpc) is 2.62. The maximum Gasteiger partial charge on any atom is 0.240 e. The van der Waals surface area contributed by atoms with Gasteiger partial charge < -0.3 is 5.32 Å². The molecule has 0 aromatic heterocycles. The van der Waals surface area contributed by atoms with Gasteiger partial charge in [0.15, 0.2) is 0 Å². The smallest absolute Gasteiger partial charge is 0.240 e. The van der Waals surface area contributed by atoms with Crippen molar-refractivity contribution in [3.05, 3.63) is 63.9 Å². The lowest BCUT2D eigenvalue weighted by Gasteiger charge is -2.22. The molecule has 0 saturated heterocycles. The molecule has 0 unspecified atom stereocenters. The Bertz CT molecular complexity index is 942. The van der Waals surface area contributed by atoms with Crippen LogP contribution in [0.15, 0.2) is 42.5 Å². The van der Waals surface area contributed by atoms with Gasteiger partial charge in [-0.3, -0.25) is 9.10 Å². The number of amides is 1. The zero-order chi connectivity index (χ0) is 20.7. The molecule has 0 aliphatic heterocycles. The highest BCUT2D eigenvalue weighted by Crippen LogP contribution is 2.28. The van der Waals surface area contributed by atoms with Crippen LogP contribution >= 0.6 is 35.0 Å². The largest absolute Gasteiger partial charge is 0.354 e. The molecule has 0 heterocycles. The first-order valence-corrected chi connectivity index (χ1v) is 11.9. The summed E-state index contributed by atoms with van der Waals surface area (Å²) in [7, 11) is -3.69. The van der Waals surface area contributed by atoms with Gasteiger partial charge in [-0.05, 0) is 29.8 Å². The maximum absolute atomic E-state index is 13.5. The number of hydrogen-bond acceptors (Lipinski definition) is 4. The number of anilines is 1. The topological polar surface area (TPSA) is 66.5 Å². The van der Waals surface area contributed by atoms with Crippen LogP contribution in [0.3, 0.4) is 0 Å². The summed E-state index contributed by atoms with van der Waals surface area (Å²) in [4.78, 5) is 12.2. The number of carbonyl (C=O) groups is 1. The van der Waals surface area contributed by atoms with E-state index in [9.17, 15) is 17.6 Å². The van der Waals surface area contributed by atoms with Crippen LogP contribution in [-0.2, 0) is 20.6 Å². The Morgan fingerprint density at radius 3 is 2.54 bits per heavy atom. The average molecular weight is 465 g/mol. The Balaban J connectivity index is 1.86. The van der Waals surface area contributed by atoms with Gasteiger partial charge in [0, 0.05) is 18.1 Å². The normalized spacial score (nSPS) is 11.3. The number of hydrogen-bond donors (Lipinski definition) is 1. The number of carbonyl (C=O) groups excluding carboxylic acids is 1. The van der Waals surface area contributed by atoms with Crippen LogP contribution in [0.25, 0.3) is 0 Å². The van der Waals surface area contributed by atoms with E-state index >= 15 is 0 Å². The van der Waals surface area contributed by atoms with Crippen LogP contribution in [0.1, 0.15) is 5.56 Å². The van der Waals surface area contributed by atoms with Crippen LogP contribution in [-0.4, -0.2) is 39.4 Å². The monoisotopic (exact) mass is 464 g/mol. The second-order valence-electron chi connectivity index (χ2n) is 5.86. The number of rotatable bonds is 9. The van der Waals surface area contributed by atoms with Crippen LogP contribution in [0.4, 0.5) is 10.1 Å². The van der Waals surface area contributed by atoms with Crippen molar-refractivity contribution in [2.45, 2.75) is 5.75 Å². The Labute approximate surface area is 178 Å².